The van der Waals surface area contributed by atoms with Crippen molar-refractivity contribution in [2.24, 2.45) is 0 Å². The van der Waals surface area contributed by atoms with Crippen molar-refractivity contribution in [2.75, 3.05) is 13.5 Å². The molecule has 100 valence electrons. The summed E-state index contributed by atoms with van der Waals surface area (Å²) in [5, 5.41) is 2.25. The molecule has 2 aromatic carbocycles. The van der Waals surface area contributed by atoms with Gasteiger partial charge in [-0.2, -0.15) is 0 Å². The fourth-order valence-electron chi connectivity index (χ4n) is 1.45. The molecule has 0 aliphatic carbocycles. The third-order valence-electron chi connectivity index (χ3n) is 2.36. The SMILES string of the molecule is [2H]c1c([2H])c([2H])c(C(CCNC([2H])([2H])[2H])Oc2c([2H])c([2H])c(C)c([2H])c2[2H])c([2H])c1[2H]. The van der Waals surface area contributed by atoms with Crippen LogP contribution in [-0.2, 0) is 0 Å². The van der Waals surface area contributed by atoms with E-state index in [0.717, 1.165) is 0 Å². The molecule has 2 heteroatoms. The molecule has 2 aromatic rings. The minimum absolute atomic E-state index is 0.103. The van der Waals surface area contributed by atoms with E-state index in [4.69, 9.17) is 21.2 Å². The molecule has 0 aromatic heterocycles. The summed E-state index contributed by atoms with van der Waals surface area (Å²) < 4.78 is 99.4. The van der Waals surface area contributed by atoms with E-state index in [0.29, 0.717) is 0 Å². The highest BCUT2D eigenvalue weighted by molar-refractivity contribution is 5.28. The van der Waals surface area contributed by atoms with Crippen LogP contribution in [0, 0.1) is 6.92 Å². The molecule has 0 saturated carbocycles. The molecule has 1 N–H and O–H groups in total. The van der Waals surface area contributed by atoms with Gasteiger partial charge in [-0.05, 0) is 38.1 Å². The molecule has 0 aliphatic rings. The third-order valence-corrected chi connectivity index (χ3v) is 2.36. The van der Waals surface area contributed by atoms with Gasteiger partial charge in [0.25, 0.3) is 0 Å². The van der Waals surface area contributed by atoms with Gasteiger partial charge in [0.15, 0.2) is 0 Å². The Kier molecular flexibility index (Phi) is 1.81. The van der Waals surface area contributed by atoms with Crippen LogP contribution in [0.5, 0.6) is 5.75 Å². The lowest BCUT2D eigenvalue weighted by Crippen LogP contribution is -2.16. The average Bonchev–Trinajstić information content (AvgIpc) is 2.69. The van der Waals surface area contributed by atoms with Crippen LogP contribution in [0.4, 0.5) is 0 Å². The molecule has 0 bridgehead atoms. The molecular formula is C17H21NO. The Bertz CT molecular complexity index is 946. The van der Waals surface area contributed by atoms with Gasteiger partial charge in [-0.25, -0.2) is 0 Å². The Balaban J connectivity index is 2.62. The van der Waals surface area contributed by atoms with Crippen molar-refractivity contribution in [1.82, 2.24) is 5.32 Å². The average molecular weight is 267 g/mol. The highest BCUT2D eigenvalue weighted by atomic mass is 16.5. The van der Waals surface area contributed by atoms with Crippen LogP contribution in [0.1, 0.15) is 40.1 Å². The number of rotatable bonds is 6. The van der Waals surface area contributed by atoms with Crippen LogP contribution in [0.2, 0.25) is 0 Å². The highest BCUT2D eigenvalue weighted by Gasteiger charge is 2.12. The zero-order chi connectivity index (χ0) is 23.8. The van der Waals surface area contributed by atoms with Crippen LogP contribution < -0.4 is 10.1 Å². The standard InChI is InChI=1S/C17H21NO/c1-14-8-10-16(11-9-14)19-17(12-13-18-2)15-6-4-3-5-7-15/h3-11,17-18H,12-13H2,1-2H3/i2D3,3D,4D,5D,6D,7D,8D,9D,10D,11D. The number of hydrogen-bond acceptors (Lipinski definition) is 2. The molecule has 2 nitrogen and oxygen atoms in total. The van der Waals surface area contributed by atoms with Crippen LogP contribution in [0.15, 0.2) is 54.4 Å². The van der Waals surface area contributed by atoms with Gasteiger partial charge < -0.3 is 10.1 Å². The number of benzene rings is 2. The maximum absolute atomic E-state index is 8.16. The zero-order valence-corrected chi connectivity index (χ0v) is 10.4. The molecule has 1 atom stereocenters. The summed E-state index contributed by atoms with van der Waals surface area (Å²) in [5.74, 6) is -0.453. The van der Waals surface area contributed by atoms with Crippen molar-refractivity contribution in [1.29, 1.82) is 0 Å². The second kappa shape index (κ2) is 6.95. The van der Waals surface area contributed by atoms with Gasteiger partial charge in [-0.3, -0.25) is 0 Å². The van der Waals surface area contributed by atoms with E-state index in [9.17, 15) is 0 Å². The van der Waals surface area contributed by atoms with Crippen molar-refractivity contribution >= 4 is 0 Å². The third kappa shape index (κ3) is 4.11. The van der Waals surface area contributed by atoms with Gasteiger partial charge in [0.2, 0.25) is 0 Å². The Hall–Kier alpha value is -1.80. The van der Waals surface area contributed by atoms with Crippen molar-refractivity contribution in [3.8, 4) is 5.75 Å². The molecule has 0 aliphatic heterocycles. The van der Waals surface area contributed by atoms with Crippen molar-refractivity contribution in [3.05, 3.63) is 65.5 Å². The Labute approximate surface area is 132 Å². The number of ether oxygens (including phenoxy) is 1. The smallest absolute Gasteiger partial charge is 0.125 e. The fourth-order valence-corrected chi connectivity index (χ4v) is 1.45. The van der Waals surface area contributed by atoms with E-state index < -0.39 is 61.1 Å². The Morgan fingerprint density at radius 3 is 2.58 bits per heavy atom. The molecular weight excluding hydrogens is 234 g/mol. The van der Waals surface area contributed by atoms with Crippen molar-refractivity contribution < 1.29 is 21.2 Å². The van der Waals surface area contributed by atoms with E-state index in [2.05, 4.69) is 5.32 Å². The summed E-state index contributed by atoms with van der Waals surface area (Å²) in [6.07, 6.45) is -1.52. The first-order valence-electron chi connectivity index (χ1n) is 11.7. The molecule has 0 saturated heterocycles. The van der Waals surface area contributed by atoms with Crippen LogP contribution in [0.25, 0.3) is 0 Å². The van der Waals surface area contributed by atoms with E-state index in [1.54, 1.807) is 0 Å². The molecule has 0 heterocycles. The van der Waals surface area contributed by atoms with E-state index in [1.165, 1.54) is 6.92 Å². The first-order chi connectivity index (χ1) is 14.2. The van der Waals surface area contributed by atoms with Crippen LogP contribution in [0.3, 0.4) is 0 Å². The molecule has 0 radical (unpaired) electrons. The van der Waals surface area contributed by atoms with Gasteiger partial charge in [-0.1, -0.05) is 47.9 Å². The fraction of sp³-hybridized carbons (Fsp3) is 0.294. The molecule has 19 heavy (non-hydrogen) atoms. The lowest BCUT2D eigenvalue weighted by molar-refractivity contribution is 0.195. The predicted molar refractivity (Wildman–Crippen MR) is 79.5 cm³/mol. The highest BCUT2D eigenvalue weighted by Crippen LogP contribution is 2.24. The molecule has 0 amide bonds. The summed E-state index contributed by atoms with van der Waals surface area (Å²) in [6, 6.07) is -4.61. The summed E-state index contributed by atoms with van der Waals surface area (Å²) in [7, 11) is 0. The lowest BCUT2D eigenvalue weighted by Gasteiger charge is -2.19. The Morgan fingerprint density at radius 2 is 1.89 bits per heavy atom. The topological polar surface area (TPSA) is 21.3 Å². The summed E-state index contributed by atoms with van der Waals surface area (Å²) in [6.45, 7) is -1.27. The maximum atomic E-state index is 8.16. The summed E-state index contributed by atoms with van der Waals surface area (Å²) in [4.78, 5) is 0. The second-order valence-electron chi connectivity index (χ2n) is 3.81. The minimum atomic E-state index is -2.49. The van der Waals surface area contributed by atoms with E-state index in [-0.39, 0.29) is 36.2 Å². The maximum Gasteiger partial charge on any atom is 0.125 e. The van der Waals surface area contributed by atoms with Gasteiger partial charge >= 0.3 is 0 Å². The molecule has 2 rings (SSSR count). The van der Waals surface area contributed by atoms with Gasteiger partial charge in [0, 0.05) is 10.5 Å². The minimum Gasteiger partial charge on any atom is -0.486 e. The van der Waals surface area contributed by atoms with Crippen molar-refractivity contribution in [2.45, 2.75) is 19.4 Å². The number of nitrogens with one attached hydrogen (secondary N) is 1. The van der Waals surface area contributed by atoms with Gasteiger partial charge in [-0.15, -0.1) is 0 Å². The zero-order valence-electron chi connectivity index (χ0n) is 22.4. The predicted octanol–water partition coefficient (Wildman–Crippen LogP) is 3.72. The van der Waals surface area contributed by atoms with Crippen molar-refractivity contribution in [3.63, 3.8) is 0 Å². The molecule has 0 fully saturated rings. The first kappa shape index (κ1) is 4.95. The van der Waals surface area contributed by atoms with E-state index >= 15 is 0 Å². The van der Waals surface area contributed by atoms with E-state index in [1.807, 2.05) is 0 Å². The van der Waals surface area contributed by atoms with Gasteiger partial charge in [0.05, 0.1) is 12.3 Å². The normalized spacial score (nSPS) is 21.7. The van der Waals surface area contributed by atoms with Crippen LogP contribution in [-0.4, -0.2) is 13.5 Å². The molecule has 1 unspecified atom stereocenters. The summed E-state index contributed by atoms with van der Waals surface area (Å²) in [5.41, 5.74) is -0.165. The van der Waals surface area contributed by atoms with Gasteiger partial charge in [0.1, 0.15) is 11.9 Å². The largest absolute Gasteiger partial charge is 0.486 e. The number of hydrogen-bond donors (Lipinski definition) is 1. The quantitative estimate of drug-likeness (QED) is 0.861. The lowest BCUT2D eigenvalue weighted by atomic mass is 10.1. The first-order valence-corrected chi connectivity index (χ1v) is 5.74. The summed E-state index contributed by atoms with van der Waals surface area (Å²) >= 11 is 0. The van der Waals surface area contributed by atoms with Crippen LogP contribution >= 0.6 is 0 Å². The Morgan fingerprint density at radius 1 is 1.16 bits per heavy atom. The molecule has 0 spiro atoms. The second-order valence-corrected chi connectivity index (χ2v) is 3.81. The monoisotopic (exact) mass is 267 g/mol.